The molecular weight excluding hydrogens is 523 g/mol. The Labute approximate surface area is 211 Å². The molecule has 0 amide bonds. The van der Waals surface area contributed by atoms with E-state index in [9.17, 15) is 17.6 Å². The number of nitrogens with zero attached hydrogens (tertiary/aromatic N) is 4. The Morgan fingerprint density at radius 1 is 0.972 bits per heavy atom. The minimum Gasteiger partial charge on any atom is -0.406 e. The monoisotopic (exact) mass is 536 g/mol. The van der Waals surface area contributed by atoms with Gasteiger partial charge in [0, 0.05) is 6.07 Å². The fourth-order valence-corrected chi connectivity index (χ4v) is 3.32. The Bertz CT molecular complexity index is 1360. The first-order valence-corrected chi connectivity index (χ1v) is 10.8. The molecule has 0 aliphatic rings. The predicted octanol–water partition coefficient (Wildman–Crippen LogP) is 7.07. The number of benzene rings is 2. The number of rotatable bonds is 7. The lowest BCUT2D eigenvalue weighted by Crippen LogP contribution is -2.17. The van der Waals surface area contributed by atoms with Crippen LogP contribution in [0.2, 0.25) is 10.2 Å². The number of pyridine rings is 1. The first-order valence-electron chi connectivity index (χ1n) is 10.0. The van der Waals surface area contributed by atoms with Gasteiger partial charge in [-0.1, -0.05) is 29.3 Å². The molecule has 0 unspecified atom stereocenters. The molecule has 2 aromatic carbocycles. The molecule has 4 aromatic rings. The van der Waals surface area contributed by atoms with Crippen LogP contribution in [0.1, 0.15) is 5.56 Å². The summed E-state index contributed by atoms with van der Waals surface area (Å²) in [6, 6.07) is 14.0. The zero-order chi connectivity index (χ0) is 25.7. The Hall–Kier alpha value is -3.96. The van der Waals surface area contributed by atoms with E-state index in [0.29, 0.717) is 16.4 Å². The molecule has 4 rings (SSSR count). The highest BCUT2D eigenvalue weighted by atomic mass is 35.5. The topological polar surface area (TPSA) is 84.3 Å². The van der Waals surface area contributed by atoms with Crippen LogP contribution in [0.4, 0.5) is 35.0 Å². The minimum atomic E-state index is -4.78. The van der Waals surface area contributed by atoms with Crippen LogP contribution in [0.25, 0.3) is 11.3 Å². The maximum Gasteiger partial charge on any atom is 0.573 e. The number of alkyl halides is 3. The largest absolute Gasteiger partial charge is 0.573 e. The Balaban J connectivity index is 1.60. The van der Waals surface area contributed by atoms with E-state index in [1.54, 1.807) is 12.1 Å². The van der Waals surface area contributed by atoms with Crippen LogP contribution >= 0.6 is 23.2 Å². The molecule has 36 heavy (non-hydrogen) atoms. The van der Waals surface area contributed by atoms with Gasteiger partial charge in [-0.25, -0.2) is 19.8 Å². The highest BCUT2D eigenvalue weighted by Gasteiger charge is 2.30. The number of ether oxygens (including phenoxy) is 1. The molecule has 2 heterocycles. The minimum absolute atomic E-state index is 0.00971. The standard InChI is InChI=1S/C23H14Cl2F4N6O/c24-16-2-1-3-17(26)21(16)18-10-20(32-14-6-9-19(25)30-12-14)34-22(33-18)35-31-11-13-4-7-15(8-5-13)36-23(27,28)29/h1-12H,(H2,32,33,34,35)/b31-11+. The average molecular weight is 537 g/mol. The maximum atomic E-state index is 14.6. The SMILES string of the molecule is Fc1cccc(Cl)c1-c1cc(Nc2ccc(Cl)nc2)nc(N/N=C/c2ccc(OC(F)(F)F)cc2)n1. The summed E-state index contributed by atoms with van der Waals surface area (Å²) >= 11 is 12.0. The first-order chi connectivity index (χ1) is 17.2. The normalized spacial score (nSPS) is 11.5. The van der Waals surface area contributed by atoms with Crippen molar-refractivity contribution in [3.8, 4) is 17.0 Å². The number of halogens is 6. The van der Waals surface area contributed by atoms with Gasteiger partial charge in [0.15, 0.2) is 0 Å². The van der Waals surface area contributed by atoms with Gasteiger partial charge in [-0.15, -0.1) is 13.2 Å². The van der Waals surface area contributed by atoms with Crippen LogP contribution in [0.15, 0.2) is 72.0 Å². The molecule has 0 atom stereocenters. The van der Waals surface area contributed by atoms with Gasteiger partial charge in [0.25, 0.3) is 0 Å². The highest BCUT2D eigenvalue weighted by Crippen LogP contribution is 2.31. The van der Waals surface area contributed by atoms with E-state index in [4.69, 9.17) is 23.2 Å². The lowest BCUT2D eigenvalue weighted by molar-refractivity contribution is -0.274. The maximum absolute atomic E-state index is 14.6. The summed E-state index contributed by atoms with van der Waals surface area (Å²) in [5.74, 6) is -0.687. The quantitative estimate of drug-likeness (QED) is 0.114. The number of aromatic nitrogens is 3. The van der Waals surface area contributed by atoms with Gasteiger partial charge in [0.1, 0.15) is 22.5 Å². The molecule has 7 nitrogen and oxygen atoms in total. The van der Waals surface area contributed by atoms with Crippen molar-refractivity contribution in [1.82, 2.24) is 15.0 Å². The van der Waals surface area contributed by atoms with E-state index < -0.39 is 12.2 Å². The van der Waals surface area contributed by atoms with Crippen molar-refractivity contribution in [3.05, 3.63) is 88.4 Å². The summed E-state index contributed by atoms with van der Waals surface area (Å²) < 4.78 is 55.3. The second-order valence-corrected chi connectivity index (χ2v) is 7.83. The van der Waals surface area contributed by atoms with Crippen molar-refractivity contribution >= 4 is 46.9 Å². The van der Waals surface area contributed by atoms with E-state index in [1.165, 1.54) is 48.8 Å². The van der Waals surface area contributed by atoms with Crippen molar-refractivity contribution in [2.75, 3.05) is 10.7 Å². The molecule has 2 N–H and O–H groups in total. The summed E-state index contributed by atoms with van der Waals surface area (Å²) in [6.07, 6.45) is -1.97. The van der Waals surface area contributed by atoms with E-state index >= 15 is 0 Å². The van der Waals surface area contributed by atoms with Crippen LogP contribution in [-0.2, 0) is 0 Å². The van der Waals surface area contributed by atoms with Crippen LogP contribution in [-0.4, -0.2) is 27.5 Å². The van der Waals surface area contributed by atoms with Crippen molar-refractivity contribution in [2.45, 2.75) is 6.36 Å². The molecule has 0 bridgehead atoms. The fraction of sp³-hybridized carbons (Fsp3) is 0.0435. The van der Waals surface area contributed by atoms with Gasteiger partial charge < -0.3 is 10.1 Å². The van der Waals surface area contributed by atoms with Gasteiger partial charge in [0.2, 0.25) is 5.95 Å². The Kier molecular flexibility index (Phi) is 7.51. The zero-order valence-corrected chi connectivity index (χ0v) is 19.4. The average Bonchev–Trinajstić information content (AvgIpc) is 2.81. The summed E-state index contributed by atoms with van der Waals surface area (Å²) in [4.78, 5) is 12.6. The third-order valence-corrected chi connectivity index (χ3v) is 4.98. The Morgan fingerprint density at radius 3 is 2.42 bits per heavy atom. The van der Waals surface area contributed by atoms with E-state index in [-0.39, 0.29) is 33.8 Å². The molecule has 184 valence electrons. The molecule has 0 radical (unpaired) electrons. The zero-order valence-electron chi connectivity index (χ0n) is 17.9. The lowest BCUT2D eigenvalue weighted by Gasteiger charge is -2.11. The summed E-state index contributed by atoms with van der Waals surface area (Å²) in [5.41, 5.74) is 3.88. The van der Waals surface area contributed by atoms with E-state index in [2.05, 4.69) is 35.5 Å². The summed E-state index contributed by atoms with van der Waals surface area (Å²) in [7, 11) is 0. The number of hydrazone groups is 1. The second-order valence-electron chi connectivity index (χ2n) is 7.04. The van der Waals surface area contributed by atoms with Gasteiger partial charge in [-0.05, 0) is 54.1 Å². The molecule has 0 saturated carbocycles. The van der Waals surface area contributed by atoms with Crippen molar-refractivity contribution in [1.29, 1.82) is 0 Å². The molecule has 0 aliphatic heterocycles. The number of anilines is 3. The van der Waals surface area contributed by atoms with Crippen LogP contribution in [0, 0.1) is 5.82 Å². The molecule has 13 heteroatoms. The van der Waals surface area contributed by atoms with Gasteiger partial charge >= 0.3 is 6.36 Å². The van der Waals surface area contributed by atoms with Crippen LogP contribution in [0.3, 0.4) is 0 Å². The molecule has 0 spiro atoms. The van der Waals surface area contributed by atoms with Crippen LogP contribution in [0.5, 0.6) is 5.75 Å². The van der Waals surface area contributed by atoms with Crippen LogP contribution < -0.4 is 15.5 Å². The molecule has 0 fully saturated rings. The van der Waals surface area contributed by atoms with Gasteiger partial charge in [-0.3, -0.25) is 0 Å². The van der Waals surface area contributed by atoms with Crippen molar-refractivity contribution in [3.63, 3.8) is 0 Å². The molecular formula is C23H14Cl2F4N6O. The molecule has 2 aromatic heterocycles. The summed E-state index contributed by atoms with van der Waals surface area (Å²) in [6.45, 7) is 0. The van der Waals surface area contributed by atoms with Crippen molar-refractivity contribution < 1.29 is 22.3 Å². The summed E-state index contributed by atoms with van der Waals surface area (Å²) in [5, 5.41) is 7.47. The van der Waals surface area contributed by atoms with E-state index in [0.717, 1.165) is 12.1 Å². The first kappa shape index (κ1) is 25.1. The van der Waals surface area contributed by atoms with Gasteiger partial charge in [0.05, 0.1) is 34.4 Å². The molecule has 0 aliphatic carbocycles. The smallest absolute Gasteiger partial charge is 0.406 e. The van der Waals surface area contributed by atoms with Gasteiger partial charge in [-0.2, -0.15) is 10.1 Å². The Morgan fingerprint density at radius 2 is 1.75 bits per heavy atom. The highest BCUT2D eigenvalue weighted by molar-refractivity contribution is 6.33. The molecule has 0 saturated heterocycles. The lowest BCUT2D eigenvalue weighted by atomic mass is 10.1. The number of nitrogens with one attached hydrogen (secondary N) is 2. The third kappa shape index (κ3) is 6.80. The third-order valence-electron chi connectivity index (χ3n) is 4.44. The second kappa shape index (κ2) is 10.8. The van der Waals surface area contributed by atoms with E-state index in [1.807, 2.05) is 0 Å². The fourth-order valence-electron chi connectivity index (χ4n) is 2.95. The number of hydrogen-bond donors (Lipinski definition) is 2. The number of hydrogen-bond acceptors (Lipinski definition) is 7. The predicted molar refractivity (Wildman–Crippen MR) is 129 cm³/mol. The van der Waals surface area contributed by atoms with Crippen molar-refractivity contribution in [2.24, 2.45) is 5.10 Å².